The van der Waals surface area contributed by atoms with Crippen LogP contribution < -0.4 is 0 Å². The van der Waals surface area contributed by atoms with Crippen molar-refractivity contribution in [1.82, 2.24) is 0 Å². The Hall–Kier alpha value is -0.123. The van der Waals surface area contributed by atoms with Gasteiger partial charge >= 0.3 is 8.56 Å². The zero-order chi connectivity index (χ0) is 13.1. The molecule has 2 nitrogen and oxygen atoms in total. The van der Waals surface area contributed by atoms with Crippen molar-refractivity contribution in [2.24, 2.45) is 0 Å². The van der Waals surface area contributed by atoms with Gasteiger partial charge in [0.15, 0.2) is 0 Å². The molecule has 0 aliphatic heterocycles. The van der Waals surface area contributed by atoms with Gasteiger partial charge in [-0.05, 0) is 32.5 Å². The molecule has 0 N–H and O–H groups in total. The van der Waals surface area contributed by atoms with Gasteiger partial charge in [-0.1, -0.05) is 39.0 Å². The lowest BCUT2D eigenvalue weighted by atomic mass is 10.1. The molecule has 0 bridgehead atoms. The van der Waals surface area contributed by atoms with E-state index in [-0.39, 0.29) is 6.10 Å². The molecule has 1 atom stereocenters. The molecule has 0 amide bonds. The Kier molecular flexibility index (Phi) is 9.79. The Morgan fingerprint density at radius 2 is 1.71 bits per heavy atom. The molecule has 0 fully saturated rings. The number of hydrogen-bond acceptors (Lipinski definition) is 2. The largest absolute Gasteiger partial charge is 0.391 e. The molecule has 0 rings (SSSR count). The third kappa shape index (κ3) is 9.57. The molecule has 0 aromatic heterocycles. The molecule has 0 radical (unpaired) electrons. The van der Waals surface area contributed by atoms with Gasteiger partial charge in [-0.25, -0.2) is 0 Å². The molecule has 0 spiro atoms. The van der Waals surface area contributed by atoms with Gasteiger partial charge in [-0.2, -0.15) is 0 Å². The monoisotopic (exact) mass is 258 g/mol. The minimum absolute atomic E-state index is 0.217. The Morgan fingerprint density at radius 3 is 2.24 bits per heavy atom. The summed E-state index contributed by atoms with van der Waals surface area (Å²) in [5.41, 5.74) is 1.88. The summed E-state index contributed by atoms with van der Waals surface area (Å²) in [5, 5.41) is 0. The van der Waals surface area contributed by atoms with Crippen LogP contribution in [0.1, 0.15) is 59.3 Å². The minimum Gasteiger partial charge on any atom is -0.391 e. The van der Waals surface area contributed by atoms with Gasteiger partial charge in [0, 0.05) is 12.7 Å². The summed E-state index contributed by atoms with van der Waals surface area (Å²) in [7, 11) is -2.10. The average Bonchev–Trinajstić information content (AvgIpc) is 2.27. The Balaban J connectivity index is 3.59. The van der Waals surface area contributed by atoms with Crippen LogP contribution in [-0.4, -0.2) is 21.3 Å². The molecular weight excluding hydrogens is 228 g/mol. The lowest BCUT2D eigenvalue weighted by Gasteiger charge is -2.25. The van der Waals surface area contributed by atoms with Crippen molar-refractivity contribution in [3.63, 3.8) is 0 Å². The molecule has 0 aliphatic carbocycles. The number of rotatable bonds is 11. The van der Waals surface area contributed by atoms with E-state index in [1.165, 1.54) is 32.1 Å². The summed E-state index contributed by atoms with van der Waals surface area (Å²) in [6.07, 6.45) is 7.97. The first kappa shape index (κ1) is 16.9. The van der Waals surface area contributed by atoms with Crippen molar-refractivity contribution in [3.8, 4) is 0 Å². The first-order valence-corrected chi connectivity index (χ1v) is 9.39. The summed E-state index contributed by atoms with van der Waals surface area (Å²) in [6.45, 7) is 13.0. The highest BCUT2D eigenvalue weighted by atomic mass is 28.4. The minimum atomic E-state index is -2.10. The van der Waals surface area contributed by atoms with Crippen molar-refractivity contribution >= 4 is 8.56 Å². The highest BCUT2D eigenvalue weighted by Crippen LogP contribution is 2.13. The van der Waals surface area contributed by atoms with Crippen molar-refractivity contribution < 1.29 is 8.85 Å². The Labute approximate surface area is 109 Å². The Morgan fingerprint density at radius 1 is 1.12 bits per heavy atom. The summed E-state index contributed by atoms with van der Waals surface area (Å²) in [4.78, 5) is 0. The molecular formula is C14H30O2Si. The molecule has 0 aromatic rings. The van der Waals surface area contributed by atoms with Crippen molar-refractivity contribution in [3.05, 3.63) is 12.3 Å². The van der Waals surface area contributed by atoms with Gasteiger partial charge in [-0.3, -0.25) is 0 Å². The first-order valence-electron chi connectivity index (χ1n) is 6.99. The lowest BCUT2D eigenvalue weighted by Crippen LogP contribution is -2.39. The van der Waals surface area contributed by atoms with Crippen molar-refractivity contribution in [2.45, 2.75) is 71.9 Å². The van der Waals surface area contributed by atoms with Gasteiger partial charge in [0.2, 0.25) is 0 Å². The third-order valence-corrected chi connectivity index (χ3v) is 5.19. The summed E-state index contributed by atoms with van der Waals surface area (Å²) >= 11 is 0. The van der Waals surface area contributed by atoms with Gasteiger partial charge in [0.05, 0.1) is 0 Å². The number of unbranched alkanes of at least 4 members (excludes halogenated alkanes) is 5. The molecule has 102 valence electrons. The normalized spacial score (nSPS) is 14.9. The SMILES string of the molecule is C=C[Si](C)(OCCCCCCCC)OC(C)C. The maximum Gasteiger partial charge on any atom is 0.361 e. The maximum atomic E-state index is 5.89. The van der Waals surface area contributed by atoms with Crippen LogP contribution in [-0.2, 0) is 8.85 Å². The van der Waals surface area contributed by atoms with Crippen molar-refractivity contribution in [2.75, 3.05) is 6.61 Å². The fourth-order valence-corrected chi connectivity index (χ4v) is 3.53. The van der Waals surface area contributed by atoms with Crippen LogP contribution in [0.25, 0.3) is 0 Å². The lowest BCUT2D eigenvalue weighted by molar-refractivity contribution is 0.144. The molecule has 17 heavy (non-hydrogen) atoms. The molecule has 1 unspecified atom stereocenters. The van der Waals surface area contributed by atoms with E-state index in [0.29, 0.717) is 0 Å². The van der Waals surface area contributed by atoms with Gasteiger partial charge in [0.1, 0.15) is 0 Å². The van der Waals surface area contributed by atoms with E-state index in [1.54, 1.807) is 0 Å². The maximum absolute atomic E-state index is 5.89. The van der Waals surface area contributed by atoms with Crippen LogP contribution in [0.2, 0.25) is 6.55 Å². The first-order chi connectivity index (χ1) is 8.04. The fourth-order valence-electron chi connectivity index (χ4n) is 1.77. The number of hydrogen-bond donors (Lipinski definition) is 0. The summed E-state index contributed by atoms with van der Waals surface area (Å²) < 4.78 is 11.7. The van der Waals surface area contributed by atoms with Crippen LogP contribution in [0.3, 0.4) is 0 Å². The molecule has 0 saturated heterocycles. The van der Waals surface area contributed by atoms with E-state index in [9.17, 15) is 0 Å². The van der Waals surface area contributed by atoms with Gasteiger partial charge in [-0.15, -0.1) is 6.58 Å². The molecule has 0 heterocycles. The van der Waals surface area contributed by atoms with E-state index >= 15 is 0 Å². The molecule has 3 heteroatoms. The second-order valence-electron chi connectivity index (χ2n) is 5.00. The smallest absolute Gasteiger partial charge is 0.361 e. The topological polar surface area (TPSA) is 18.5 Å². The second-order valence-corrected chi connectivity index (χ2v) is 7.97. The Bertz CT molecular complexity index is 195. The highest BCUT2D eigenvalue weighted by molar-refractivity contribution is 6.71. The van der Waals surface area contributed by atoms with Crippen LogP contribution in [0.4, 0.5) is 0 Å². The summed E-state index contributed by atoms with van der Waals surface area (Å²) in [5.74, 6) is 0. The molecule has 0 aromatic carbocycles. The highest BCUT2D eigenvalue weighted by Gasteiger charge is 2.28. The standard InChI is InChI=1S/C14H30O2Si/c1-6-8-9-10-11-12-13-15-17(5,7-2)16-14(3)4/h7,14H,2,6,8-13H2,1,3-5H3. The van der Waals surface area contributed by atoms with E-state index in [0.717, 1.165) is 13.0 Å². The quantitative estimate of drug-likeness (QED) is 0.399. The zero-order valence-electron chi connectivity index (χ0n) is 12.1. The van der Waals surface area contributed by atoms with Crippen molar-refractivity contribution in [1.29, 1.82) is 0 Å². The van der Waals surface area contributed by atoms with Crippen LogP contribution in [0.15, 0.2) is 12.3 Å². The van der Waals surface area contributed by atoms with Crippen LogP contribution in [0.5, 0.6) is 0 Å². The van der Waals surface area contributed by atoms with Crippen LogP contribution in [0, 0.1) is 0 Å². The molecule has 0 aliphatic rings. The van der Waals surface area contributed by atoms with Gasteiger partial charge in [0.25, 0.3) is 0 Å². The predicted octanol–water partition coefficient (Wildman–Crippen LogP) is 4.59. The predicted molar refractivity (Wildman–Crippen MR) is 77.4 cm³/mol. The van der Waals surface area contributed by atoms with E-state index in [2.05, 4.69) is 20.0 Å². The fraction of sp³-hybridized carbons (Fsp3) is 0.857. The third-order valence-electron chi connectivity index (χ3n) is 2.73. The van der Waals surface area contributed by atoms with E-state index in [4.69, 9.17) is 8.85 Å². The summed E-state index contributed by atoms with van der Waals surface area (Å²) in [6, 6.07) is 0. The van der Waals surface area contributed by atoms with E-state index in [1.807, 2.05) is 19.5 Å². The second kappa shape index (κ2) is 9.86. The van der Waals surface area contributed by atoms with Gasteiger partial charge < -0.3 is 8.85 Å². The van der Waals surface area contributed by atoms with E-state index < -0.39 is 8.56 Å². The molecule has 0 saturated carbocycles. The van der Waals surface area contributed by atoms with Crippen LogP contribution >= 0.6 is 0 Å². The average molecular weight is 258 g/mol. The zero-order valence-corrected chi connectivity index (χ0v) is 13.1.